The van der Waals surface area contributed by atoms with E-state index in [-0.39, 0.29) is 0 Å². The lowest BCUT2D eigenvalue weighted by Crippen LogP contribution is -2.13. The summed E-state index contributed by atoms with van der Waals surface area (Å²) in [7, 11) is 0. The third-order valence-electron chi connectivity index (χ3n) is 6.55. The topological polar surface area (TPSA) is 12.4 Å². The molecule has 1 aliphatic heterocycles. The minimum atomic E-state index is 0.967. The number of allylic oxidation sites excluding steroid dienone is 2. The van der Waals surface area contributed by atoms with Gasteiger partial charge >= 0.3 is 0 Å². The summed E-state index contributed by atoms with van der Waals surface area (Å²) in [4.78, 5) is 4.90. The number of hydrogen-bond acceptors (Lipinski definition) is 1. The molecule has 0 amide bonds. The molecule has 5 aromatic carbocycles. The van der Waals surface area contributed by atoms with Crippen LogP contribution >= 0.6 is 31.9 Å². The van der Waals surface area contributed by atoms with Crippen molar-refractivity contribution in [1.82, 2.24) is 0 Å². The predicted molar refractivity (Wildman–Crippen MR) is 138 cm³/mol. The first kappa shape index (κ1) is 17.9. The van der Waals surface area contributed by atoms with Crippen molar-refractivity contribution in [3.05, 3.63) is 97.9 Å². The largest absolute Gasteiger partial charge is 0.248 e. The maximum atomic E-state index is 4.90. The van der Waals surface area contributed by atoms with Crippen molar-refractivity contribution in [2.45, 2.75) is 6.42 Å². The van der Waals surface area contributed by atoms with Crippen LogP contribution in [0.5, 0.6) is 0 Å². The van der Waals surface area contributed by atoms with Crippen molar-refractivity contribution in [3.63, 3.8) is 0 Å². The highest BCUT2D eigenvalue weighted by Crippen LogP contribution is 2.43. The molecule has 0 aromatic heterocycles. The minimum Gasteiger partial charge on any atom is -0.248 e. The first-order valence-electron chi connectivity index (χ1n) is 10.3. The van der Waals surface area contributed by atoms with Crippen LogP contribution in [0.4, 0.5) is 5.69 Å². The third kappa shape index (κ3) is 2.45. The van der Waals surface area contributed by atoms with Gasteiger partial charge in [0, 0.05) is 20.1 Å². The number of halogens is 2. The average molecular weight is 525 g/mol. The van der Waals surface area contributed by atoms with Crippen LogP contribution in [0.3, 0.4) is 0 Å². The standard InChI is InChI=1S/C28H15Br2N/c29-16-9-10-19-17-4-1-2-5-18(17)21-12-15-8-11-26-27(20(15)14-23(21)22(19)13-16)28-24(30)6-3-7-25(28)31-26/h1-4,6-14H,5H2. The normalized spacial score (nSPS) is 13.7. The van der Waals surface area contributed by atoms with E-state index in [1.807, 2.05) is 0 Å². The average Bonchev–Trinajstić information content (AvgIpc) is 3.18. The molecular weight excluding hydrogens is 510 g/mol. The minimum absolute atomic E-state index is 0.967. The van der Waals surface area contributed by atoms with E-state index in [0.717, 1.165) is 26.4 Å². The third-order valence-corrected chi connectivity index (χ3v) is 7.71. The SMILES string of the molecule is Brc1ccc2c3c(c4cc5ccc6c(c5cc4c2c1)-c1c(Br)cccc1N=6)CC=CC=3. The quantitative estimate of drug-likeness (QED) is 0.144. The van der Waals surface area contributed by atoms with E-state index in [9.17, 15) is 0 Å². The maximum Gasteiger partial charge on any atom is 0.0727 e. The lowest BCUT2D eigenvalue weighted by atomic mass is 9.88. The molecule has 5 aromatic rings. The number of fused-ring (bicyclic) bond motifs is 11. The van der Waals surface area contributed by atoms with Gasteiger partial charge in [-0.1, -0.05) is 68.3 Å². The van der Waals surface area contributed by atoms with E-state index in [1.54, 1.807) is 0 Å². The number of hydrogen-bond donors (Lipinski definition) is 0. The van der Waals surface area contributed by atoms with Crippen molar-refractivity contribution in [1.29, 1.82) is 0 Å². The molecule has 2 aliphatic rings. The number of nitrogens with zero attached hydrogens (tertiary/aromatic N) is 1. The summed E-state index contributed by atoms with van der Waals surface area (Å²) in [6, 6.07) is 22.0. The zero-order chi connectivity index (χ0) is 20.7. The van der Waals surface area contributed by atoms with Crippen LogP contribution in [-0.2, 0) is 6.42 Å². The Morgan fingerprint density at radius 1 is 0.742 bits per heavy atom. The van der Waals surface area contributed by atoms with Gasteiger partial charge in [-0.2, -0.15) is 0 Å². The van der Waals surface area contributed by atoms with Gasteiger partial charge in [-0.05, 0) is 92.0 Å². The Bertz CT molecular complexity index is 1780. The Hall–Kier alpha value is -2.75. The molecular formula is C28H15Br2N. The number of rotatable bonds is 0. The molecule has 1 nitrogen and oxygen atoms in total. The summed E-state index contributed by atoms with van der Waals surface area (Å²) in [5.41, 5.74) is 4.88. The van der Waals surface area contributed by atoms with Gasteiger partial charge in [-0.15, -0.1) is 0 Å². The van der Waals surface area contributed by atoms with Crippen LogP contribution in [0.15, 0.2) is 86.8 Å². The zero-order valence-electron chi connectivity index (χ0n) is 16.4. The van der Waals surface area contributed by atoms with Crippen molar-refractivity contribution in [2.24, 2.45) is 4.99 Å². The van der Waals surface area contributed by atoms with Crippen molar-refractivity contribution >= 4 is 75.9 Å². The first-order chi connectivity index (χ1) is 15.2. The Kier molecular flexibility index (Phi) is 3.68. The van der Waals surface area contributed by atoms with Gasteiger partial charge in [0.15, 0.2) is 0 Å². The Morgan fingerprint density at radius 2 is 1.65 bits per heavy atom. The molecule has 0 N–H and O–H groups in total. The fourth-order valence-corrected chi connectivity index (χ4v) is 6.13. The molecule has 0 atom stereocenters. The van der Waals surface area contributed by atoms with Crippen molar-refractivity contribution in [2.75, 3.05) is 0 Å². The molecule has 7 rings (SSSR count). The van der Waals surface area contributed by atoms with Crippen molar-refractivity contribution < 1.29 is 0 Å². The Morgan fingerprint density at radius 3 is 2.58 bits per heavy atom. The molecule has 0 bridgehead atoms. The van der Waals surface area contributed by atoms with Gasteiger partial charge in [0.1, 0.15) is 0 Å². The fraction of sp³-hybridized carbons (Fsp3) is 0.0357. The molecule has 1 heterocycles. The van der Waals surface area contributed by atoms with Crippen LogP contribution in [0.25, 0.3) is 49.5 Å². The van der Waals surface area contributed by atoms with Gasteiger partial charge in [0.25, 0.3) is 0 Å². The second-order valence-electron chi connectivity index (χ2n) is 8.21. The lowest BCUT2D eigenvalue weighted by Gasteiger charge is -2.16. The van der Waals surface area contributed by atoms with E-state index >= 15 is 0 Å². The number of benzene rings is 5. The van der Waals surface area contributed by atoms with Crippen LogP contribution in [-0.4, -0.2) is 0 Å². The molecule has 0 saturated carbocycles. The fourth-order valence-electron chi connectivity index (χ4n) is 5.21. The Labute approximate surface area is 195 Å². The van der Waals surface area contributed by atoms with Gasteiger partial charge in [-0.25, -0.2) is 4.99 Å². The monoisotopic (exact) mass is 523 g/mol. The van der Waals surface area contributed by atoms with E-state index in [4.69, 9.17) is 4.99 Å². The predicted octanol–water partition coefficient (Wildman–Crippen LogP) is 7.50. The molecule has 3 heteroatoms. The molecule has 31 heavy (non-hydrogen) atoms. The summed E-state index contributed by atoms with van der Waals surface area (Å²) in [6.45, 7) is 0. The molecule has 146 valence electrons. The molecule has 0 spiro atoms. The van der Waals surface area contributed by atoms with Gasteiger partial charge in [-0.3, -0.25) is 0 Å². The second-order valence-corrected chi connectivity index (χ2v) is 9.98. The van der Waals surface area contributed by atoms with Crippen LogP contribution in [0, 0.1) is 0 Å². The second kappa shape index (κ2) is 6.38. The van der Waals surface area contributed by atoms with E-state index < -0.39 is 0 Å². The van der Waals surface area contributed by atoms with Crippen LogP contribution < -0.4 is 10.6 Å². The van der Waals surface area contributed by atoms with E-state index in [2.05, 4.69) is 111 Å². The summed E-state index contributed by atoms with van der Waals surface area (Å²) >= 11 is 7.47. The smallest absolute Gasteiger partial charge is 0.0727 e. The highest BCUT2D eigenvalue weighted by molar-refractivity contribution is 9.10. The summed E-state index contributed by atoms with van der Waals surface area (Å²) in [6.07, 6.45) is 7.66. The van der Waals surface area contributed by atoms with Gasteiger partial charge in [0.05, 0.1) is 11.0 Å². The first-order valence-corrected chi connectivity index (χ1v) is 11.9. The van der Waals surface area contributed by atoms with Crippen LogP contribution in [0.2, 0.25) is 0 Å². The highest BCUT2D eigenvalue weighted by atomic mass is 79.9. The zero-order valence-corrected chi connectivity index (χ0v) is 19.6. The van der Waals surface area contributed by atoms with Crippen molar-refractivity contribution in [3.8, 4) is 11.1 Å². The summed E-state index contributed by atoms with van der Waals surface area (Å²) in [5.74, 6) is 0. The summed E-state index contributed by atoms with van der Waals surface area (Å²) < 4.78 is 2.20. The molecule has 0 saturated heterocycles. The molecule has 0 radical (unpaired) electrons. The lowest BCUT2D eigenvalue weighted by molar-refractivity contribution is 1.27. The Balaban J connectivity index is 1.72. The molecule has 0 fully saturated rings. The van der Waals surface area contributed by atoms with E-state index in [0.29, 0.717) is 0 Å². The summed E-state index contributed by atoms with van der Waals surface area (Å²) in [5, 5.41) is 10.2. The maximum absolute atomic E-state index is 4.90. The molecule has 1 aliphatic carbocycles. The van der Waals surface area contributed by atoms with Gasteiger partial charge < -0.3 is 0 Å². The highest BCUT2D eigenvalue weighted by Gasteiger charge is 2.20. The van der Waals surface area contributed by atoms with Crippen LogP contribution in [0.1, 0.15) is 5.56 Å². The van der Waals surface area contributed by atoms with E-state index in [1.165, 1.54) is 54.2 Å². The van der Waals surface area contributed by atoms with Gasteiger partial charge in [0.2, 0.25) is 0 Å². The molecule has 0 unspecified atom stereocenters.